The molecule has 7 heteroatoms. The summed E-state index contributed by atoms with van der Waals surface area (Å²) in [6.07, 6.45) is 0. The van der Waals surface area contributed by atoms with E-state index in [0.29, 0.717) is 6.61 Å². The molecule has 0 aliphatic carbocycles. The quantitative estimate of drug-likeness (QED) is 0.649. The third-order valence-electron chi connectivity index (χ3n) is 1.19. The Hall–Kier alpha value is 0.0200. The minimum Gasteiger partial charge on any atom is -0.595 e. The van der Waals surface area contributed by atoms with E-state index in [0.717, 1.165) is 5.82 Å². The molecule has 0 aliphatic rings. The molecule has 15 heavy (non-hydrogen) atoms. The standard InChI is InChI=1S/C8H16O5P2/c1-4-11-14(9)7-8-15(10,12-5-2)13-6-3/h8H,4-6H2,1-3H3. The molecule has 1 unspecified atom stereocenters. The fraction of sp³-hybridized carbons (Fsp3) is 0.750. The topological polar surface area (TPSA) is 67.8 Å². The lowest BCUT2D eigenvalue weighted by Gasteiger charge is -2.10. The zero-order chi connectivity index (χ0) is 11.7. The van der Waals surface area contributed by atoms with Crippen LogP contribution in [0.2, 0.25) is 0 Å². The van der Waals surface area contributed by atoms with E-state index < -0.39 is 15.6 Å². The van der Waals surface area contributed by atoms with Crippen LogP contribution in [0.3, 0.4) is 0 Å². The monoisotopic (exact) mass is 254 g/mol. The highest BCUT2D eigenvalue weighted by molar-refractivity contribution is 7.59. The molecule has 0 heterocycles. The zero-order valence-electron chi connectivity index (χ0n) is 9.13. The van der Waals surface area contributed by atoms with E-state index in [4.69, 9.17) is 13.6 Å². The minimum atomic E-state index is -3.30. The summed E-state index contributed by atoms with van der Waals surface area (Å²) in [5.74, 6) is 1.06. The Morgan fingerprint density at radius 2 is 1.80 bits per heavy atom. The summed E-state index contributed by atoms with van der Waals surface area (Å²) in [5.41, 5.74) is 2.34. The summed E-state index contributed by atoms with van der Waals surface area (Å²) in [6.45, 7) is 5.91. The van der Waals surface area contributed by atoms with E-state index in [-0.39, 0.29) is 13.2 Å². The lowest BCUT2D eigenvalue weighted by Crippen LogP contribution is -1.94. The molecule has 0 aromatic rings. The van der Waals surface area contributed by atoms with E-state index in [1.807, 2.05) is 0 Å². The first-order chi connectivity index (χ1) is 7.08. The van der Waals surface area contributed by atoms with Gasteiger partial charge in [0, 0.05) is 0 Å². The summed E-state index contributed by atoms with van der Waals surface area (Å²) in [7, 11) is -5.35. The Morgan fingerprint density at radius 3 is 2.20 bits per heavy atom. The molecule has 0 saturated carbocycles. The predicted molar refractivity (Wildman–Crippen MR) is 59.0 cm³/mol. The van der Waals surface area contributed by atoms with Gasteiger partial charge < -0.3 is 13.9 Å². The zero-order valence-corrected chi connectivity index (χ0v) is 10.9. The van der Waals surface area contributed by atoms with Gasteiger partial charge in [0.1, 0.15) is 11.3 Å². The lowest BCUT2D eigenvalue weighted by molar-refractivity contribution is -0.171. The molecular weight excluding hydrogens is 238 g/mol. The average Bonchev–Trinajstić information content (AvgIpc) is 2.16. The van der Waals surface area contributed by atoms with Crippen molar-refractivity contribution in [1.82, 2.24) is 0 Å². The van der Waals surface area contributed by atoms with E-state index in [1.54, 1.807) is 20.8 Å². The van der Waals surface area contributed by atoms with E-state index in [1.165, 1.54) is 0 Å². The van der Waals surface area contributed by atoms with Crippen LogP contribution in [0.15, 0.2) is 5.82 Å². The predicted octanol–water partition coefficient (Wildman–Crippen LogP) is 1.88. The molecule has 0 radical (unpaired) electrons. The molecule has 0 rings (SSSR count). The van der Waals surface area contributed by atoms with Gasteiger partial charge in [-0.25, -0.2) is 0 Å². The Kier molecular flexibility index (Phi) is 8.22. The molecule has 0 saturated heterocycles. The average molecular weight is 254 g/mol. The number of rotatable bonds is 7. The van der Waals surface area contributed by atoms with Crippen molar-refractivity contribution in [2.45, 2.75) is 20.8 Å². The van der Waals surface area contributed by atoms with Gasteiger partial charge in [-0.15, -0.1) is 0 Å². The van der Waals surface area contributed by atoms with Crippen molar-refractivity contribution < 1.29 is 23.0 Å². The molecule has 0 aromatic carbocycles. The van der Waals surface area contributed by atoms with Crippen LogP contribution in [-0.2, 0) is 18.1 Å². The normalized spacial score (nSPS) is 12.1. The van der Waals surface area contributed by atoms with Crippen molar-refractivity contribution >= 4 is 21.0 Å². The first-order valence-corrected chi connectivity index (χ1v) is 7.46. The van der Waals surface area contributed by atoms with Gasteiger partial charge >= 0.3 is 7.60 Å². The molecule has 0 N–H and O–H groups in total. The highest BCUT2D eigenvalue weighted by Crippen LogP contribution is 2.48. The van der Waals surface area contributed by atoms with Crippen LogP contribution in [-0.4, -0.2) is 25.3 Å². The Labute approximate surface area is 91.1 Å². The highest BCUT2D eigenvalue weighted by Gasteiger charge is 2.20. The second-order valence-electron chi connectivity index (χ2n) is 2.31. The number of hydrogen-bond donors (Lipinski definition) is 0. The molecule has 88 valence electrons. The first-order valence-electron chi connectivity index (χ1n) is 4.67. The summed E-state index contributed by atoms with van der Waals surface area (Å²) in [6, 6.07) is 0. The highest BCUT2D eigenvalue weighted by atomic mass is 31.2. The van der Waals surface area contributed by atoms with Gasteiger partial charge in [-0.1, -0.05) is 0 Å². The SMILES string of the molecule is CCO[P+]([O-])=C=CP(=O)(OCC)OCC. The number of hydrogen-bond acceptors (Lipinski definition) is 5. The van der Waals surface area contributed by atoms with E-state index in [2.05, 4.69) is 5.45 Å². The second-order valence-corrected chi connectivity index (χ2v) is 5.19. The molecule has 5 nitrogen and oxygen atoms in total. The summed E-state index contributed by atoms with van der Waals surface area (Å²) in [5, 5.41) is 0. The minimum absolute atomic E-state index is 0.251. The fourth-order valence-electron chi connectivity index (χ4n) is 0.744. The van der Waals surface area contributed by atoms with Crippen molar-refractivity contribution in [3.8, 4) is 0 Å². The fourth-order valence-corrected chi connectivity index (χ4v) is 2.94. The van der Waals surface area contributed by atoms with Gasteiger partial charge in [-0.2, -0.15) is 4.52 Å². The molecular formula is C8H16O5P2. The summed E-state index contributed by atoms with van der Waals surface area (Å²) >= 11 is 0. The molecule has 1 atom stereocenters. The molecule has 0 aliphatic heterocycles. The van der Waals surface area contributed by atoms with Crippen LogP contribution in [0.5, 0.6) is 0 Å². The van der Waals surface area contributed by atoms with Gasteiger partial charge in [0.15, 0.2) is 0 Å². The van der Waals surface area contributed by atoms with Crippen molar-refractivity contribution in [2.24, 2.45) is 0 Å². The molecule has 0 fully saturated rings. The summed E-state index contributed by atoms with van der Waals surface area (Å²) < 4.78 is 26.4. The third kappa shape index (κ3) is 6.99. The maximum Gasteiger partial charge on any atom is 0.365 e. The van der Waals surface area contributed by atoms with Crippen LogP contribution in [0.4, 0.5) is 0 Å². The maximum atomic E-state index is 11.8. The first kappa shape index (κ1) is 15.0. The third-order valence-corrected chi connectivity index (χ3v) is 3.90. The Balaban J connectivity index is 4.66. The lowest BCUT2D eigenvalue weighted by atomic mass is 10.9. The van der Waals surface area contributed by atoms with Crippen LogP contribution in [0.1, 0.15) is 20.8 Å². The second kappa shape index (κ2) is 8.20. The van der Waals surface area contributed by atoms with Crippen molar-refractivity contribution in [1.29, 1.82) is 0 Å². The van der Waals surface area contributed by atoms with Crippen molar-refractivity contribution in [3.63, 3.8) is 0 Å². The van der Waals surface area contributed by atoms with Gasteiger partial charge in [0.25, 0.3) is 8.00 Å². The van der Waals surface area contributed by atoms with E-state index in [9.17, 15) is 9.46 Å². The van der Waals surface area contributed by atoms with Crippen LogP contribution >= 0.6 is 15.6 Å². The van der Waals surface area contributed by atoms with Gasteiger partial charge in [0.05, 0.1) is 19.8 Å². The molecule has 0 bridgehead atoms. The molecule has 0 aromatic heterocycles. The van der Waals surface area contributed by atoms with Crippen molar-refractivity contribution in [3.05, 3.63) is 5.82 Å². The van der Waals surface area contributed by atoms with Crippen LogP contribution in [0, 0.1) is 0 Å². The van der Waals surface area contributed by atoms with Crippen LogP contribution in [0.25, 0.3) is 0 Å². The van der Waals surface area contributed by atoms with E-state index >= 15 is 0 Å². The molecule has 0 spiro atoms. The van der Waals surface area contributed by atoms with Crippen molar-refractivity contribution in [2.75, 3.05) is 19.8 Å². The summed E-state index contributed by atoms with van der Waals surface area (Å²) in [4.78, 5) is 11.0. The van der Waals surface area contributed by atoms with Crippen LogP contribution < -0.4 is 4.89 Å². The smallest absolute Gasteiger partial charge is 0.365 e. The maximum absolute atomic E-state index is 11.8. The Morgan fingerprint density at radius 1 is 1.27 bits per heavy atom. The largest absolute Gasteiger partial charge is 0.595 e. The van der Waals surface area contributed by atoms with Gasteiger partial charge in [-0.05, 0) is 20.8 Å². The van der Waals surface area contributed by atoms with Gasteiger partial charge in [0.2, 0.25) is 0 Å². The molecule has 0 amide bonds. The van der Waals surface area contributed by atoms with Gasteiger partial charge in [-0.3, -0.25) is 4.57 Å². The Bertz CT molecular complexity index is 273.